The van der Waals surface area contributed by atoms with Crippen molar-refractivity contribution in [2.24, 2.45) is 7.05 Å². The molecule has 0 bridgehead atoms. The number of sulfonamides is 1. The maximum absolute atomic E-state index is 12.2. The molecule has 1 N–H and O–H groups in total. The van der Waals surface area contributed by atoms with E-state index in [2.05, 4.69) is 14.8 Å². The third-order valence-electron chi connectivity index (χ3n) is 3.57. The van der Waals surface area contributed by atoms with Gasteiger partial charge in [0, 0.05) is 36.6 Å². The highest BCUT2D eigenvalue weighted by molar-refractivity contribution is 7.88. The largest absolute Gasteiger partial charge is 0.275 e. The van der Waals surface area contributed by atoms with Crippen molar-refractivity contribution in [1.29, 1.82) is 0 Å². The fraction of sp³-hybridized carbons (Fsp3) is 0.176. The van der Waals surface area contributed by atoms with Crippen LogP contribution >= 0.6 is 11.6 Å². The van der Waals surface area contributed by atoms with E-state index < -0.39 is 10.0 Å². The Morgan fingerprint density at radius 2 is 2.00 bits per heavy atom. The van der Waals surface area contributed by atoms with Gasteiger partial charge in [0.25, 0.3) is 0 Å². The molecule has 0 spiro atoms. The van der Waals surface area contributed by atoms with Gasteiger partial charge in [0.15, 0.2) is 0 Å². The zero-order valence-corrected chi connectivity index (χ0v) is 15.1. The number of pyridine rings is 1. The highest BCUT2D eigenvalue weighted by atomic mass is 35.5. The van der Waals surface area contributed by atoms with Crippen LogP contribution < -0.4 is 4.72 Å². The van der Waals surface area contributed by atoms with Gasteiger partial charge >= 0.3 is 0 Å². The summed E-state index contributed by atoms with van der Waals surface area (Å²) in [4.78, 5) is 4.35. The molecule has 0 fully saturated rings. The van der Waals surface area contributed by atoms with E-state index in [1.54, 1.807) is 41.3 Å². The van der Waals surface area contributed by atoms with E-state index in [1.165, 1.54) is 0 Å². The summed E-state index contributed by atoms with van der Waals surface area (Å²) in [7, 11) is -1.62. The van der Waals surface area contributed by atoms with Crippen LogP contribution in [0, 0.1) is 0 Å². The SMILES string of the molecule is Cn1cc(-c2ccc(CNS(=O)(=O)Cc3cccc(Cl)c3)cn2)cn1. The number of aromatic nitrogens is 3. The number of aryl methyl sites for hydroxylation is 1. The Morgan fingerprint density at radius 1 is 1.16 bits per heavy atom. The maximum Gasteiger partial charge on any atom is 0.216 e. The van der Waals surface area contributed by atoms with Crippen LogP contribution in [0.25, 0.3) is 11.3 Å². The van der Waals surface area contributed by atoms with Crippen molar-refractivity contribution < 1.29 is 8.42 Å². The Balaban J connectivity index is 1.62. The summed E-state index contributed by atoms with van der Waals surface area (Å²) < 4.78 is 28.7. The van der Waals surface area contributed by atoms with Crippen LogP contribution in [0.15, 0.2) is 55.0 Å². The van der Waals surface area contributed by atoms with Gasteiger partial charge in [-0.25, -0.2) is 13.1 Å². The molecule has 0 saturated heterocycles. The number of nitrogens with zero attached hydrogens (tertiary/aromatic N) is 3. The quantitative estimate of drug-likeness (QED) is 0.717. The van der Waals surface area contributed by atoms with Crippen LogP contribution in [0.4, 0.5) is 0 Å². The molecule has 2 heterocycles. The molecule has 3 rings (SSSR count). The summed E-state index contributed by atoms with van der Waals surface area (Å²) in [5.41, 5.74) is 3.13. The number of benzene rings is 1. The van der Waals surface area contributed by atoms with Gasteiger partial charge in [0.2, 0.25) is 10.0 Å². The first-order valence-electron chi connectivity index (χ1n) is 7.57. The van der Waals surface area contributed by atoms with Crippen LogP contribution in [0.2, 0.25) is 5.02 Å². The first kappa shape index (κ1) is 17.6. The highest BCUT2D eigenvalue weighted by Crippen LogP contribution is 2.16. The number of nitrogens with one attached hydrogen (secondary N) is 1. The van der Waals surface area contributed by atoms with Crippen molar-refractivity contribution in [3.8, 4) is 11.3 Å². The average Bonchev–Trinajstić information content (AvgIpc) is 3.00. The molecule has 0 amide bonds. The second-order valence-corrected chi connectivity index (χ2v) is 7.91. The summed E-state index contributed by atoms with van der Waals surface area (Å²) in [5.74, 6) is -0.116. The number of halogens is 1. The molecule has 25 heavy (non-hydrogen) atoms. The third kappa shape index (κ3) is 4.88. The molecule has 0 atom stereocenters. The first-order chi connectivity index (χ1) is 11.9. The van der Waals surface area contributed by atoms with Gasteiger partial charge in [-0.05, 0) is 29.3 Å². The standard InChI is InChI=1S/C17H17ClN4O2S/c1-22-11-15(10-20-22)17-6-5-14(8-19-17)9-21-25(23,24)12-13-3-2-4-16(18)7-13/h2-8,10-11,21H,9,12H2,1H3. The van der Waals surface area contributed by atoms with Crippen molar-refractivity contribution in [3.63, 3.8) is 0 Å². The van der Waals surface area contributed by atoms with E-state index in [0.29, 0.717) is 10.6 Å². The molecule has 0 unspecified atom stereocenters. The minimum atomic E-state index is -3.46. The van der Waals surface area contributed by atoms with Gasteiger partial charge in [-0.15, -0.1) is 0 Å². The number of rotatable bonds is 6. The average molecular weight is 377 g/mol. The van der Waals surface area contributed by atoms with E-state index >= 15 is 0 Å². The summed E-state index contributed by atoms with van der Waals surface area (Å²) in [6.45, 7) is 0.184. The Hall–Kier alpha value is -2.22. The molecule has 3 aromatic rings. The van der Waals surface area contributed by atoms with E-state index in [9.17, 15) is 8.42 Å². The lowest BCUT2D eigenvalue weighted by atomic mass is 10.2. The monoisotopic (exact) mass is 376 g/mol. The summed E-state index contributed by atoms with van der Waals surface area (Å²) >= 11 is 5.88. The van der Waals surface area contributed by atoms with E-state index in [1.807, 2.05) is 25.4 Å². The summed E-state index contributed by atoms with van der Waals surface area (Å²) in [6.07, 6.45) is 5.26. The molecular weight excluding hydrogens is 360 g/mol. The van der Waals surface area contributed by atoms with Crippen LogP contribution in [0.3, 0.4) is 0 Å². The minimum absolute atomic E-state index is 0.116. The van der Waals surface area contributed by atoms with Gasteiger partial charge in [-0.3, -0.25) is 9.67 Å². The highest BCUT2D eigenvalue weighted by Gasteiger charge is 2.12. The normalized spacial score (nSPS) is 11.6. The Morgan fingerprint density at radius 3 is 2.64 bits per heavy atom. The number of hydrogen-bond acceptors (Lipinski definition) is 4. The van der Waals surface area contributed by atoms with E-state index in [4.69, 9.17) is 11.6 Å². The van der Waals surface area contributed by atoms with Crippen molar-refractivity contribution in [2.75, 3.05) is 0 Å². The lowest BCUT2D eigenvalue weighted by molar-refractivity contribution is 0.580. The molecule has 6 nitrogen and oxygen atoms in total. The third-order valence-corrected chi connectivity index (χ3v) is 5.10. The Bertz CT molecular complexity index is 968. The van der Waals surface area contributed by atoms with Crippen molar-refractivity contribution in [1.82, 2.24) is 19.5 Å². The molecule has 130 valence electrons. The smallest absolute Gasteiger partial charge is 0.216 e. The molecule has 1 aromatic carbocycles. The van der Waals surface area contributed by atoms with Crippen LogP contribution in [-0.4, -0.2) is 23.2 Å². The molecular formula is C17H17ClN4O2S. The first-order valence-corrected chi connectivity index (χ1v) is 9.60. The molecule has 0 aliphatic rings. The molecule has 0 aliphatic carbocycles. The van der Waals surface area contributed by atoms with Crippen molar-refractivity contribution in [2.45, 2.75) is 12.3 Å². The van der Waals surface area contributed by atoms with Gasteiger partial charge < -0.3 is 0 Å². The van der Waals surface area contributed by atoms with Crippen molar-refractivity contribution >= 4 is 21.6 Å². The zero-order valence-electron chi connectivity index (χ0n) is 13.6. The second-order valence-electron chi connectivity index (χ2n) is 5.66. The number of hydrogen-bond donors (Lipinski definition) is 1. The van der Waals surface area contributed by atoms with Gasteiger partial charge in [-0.1, -0.05) is 29.8 Å². The lowest BCUT2D eigenvalue weighted by Gasteiger charge is -2.07. The van der Waals surface area contributed by atoms with Crippen LogP contribution in [-0.2, 0) is 29.4 Å². The van der Waals surface area contributed by atoms with E-state index in [-0.39, 0.29) is 12.3 Å². The molecule has 0 saturated carbocycles. The van der Waals surface area contributed by atoms with Gasteiger partial charge in [0.05, 0.1) is 17.6 Å². The van der Waals surface area contributed by atoms with Crippen LogP contribution in [0.5, 0.6) is 0 Å². The fourth-order valence-electron chi connectivity index (χ4n) is 2.34. The predicted octanol–water partition coefficient (Wildman–Crippen LogP) is 2.76. The van der Waals surface area contributed by atoms with Crippen molar-refractivity contribution in [3.05, 3.63) is 71.1 Å². The molecule has 0 radical (unpaired) electrons. The minimum Gasteiger partial charge on any atom is -0.275 e. The topological polar surface area (TPSA) is 76.9 Å². The van der Waals surface area contributed by atoms with Gasteiger partial charge in [0.1, 0.15) is 0 Å². The maximum atomic E-state index is 12.2. The Kier molecular flexibility index (Phi) is 5.17. The zero-order chi connectivity index (χ0) is 17.9. The van der Waals surface area contributed by atoms with E-state index in [0.717, 1.165) is 16.8 Å². The fourth-order valence-corrected chi connectivity index (χ4v) is 3.66. The summed E-state index contributed by atoms with van der Waals surface area (Å²) in [5, 5.41) is 4.62. The van der Waals surface area contributed by atoms with Crippen LogP contribution in [0.1, 0.15) is 11.1 Å². The predicted molar refractivity (Wildman–Crippen MR) is 97.4 cm³/mol. The molecule has 8 heteroatoms. The second kappa shape index (κ2) is 7.35. The lowest BCUT2D eigenvalue weighted by Crippen LogP contribution is -2.24. The molecule has 0 aliphatic heterocycles. The Labute approximate surface area is 151 Å². The summed E-state index contributed by atoms with van der Waals surface area (Å²) in [6, 6.07) is 10.5. The van der Waals surface area contributed by atoms with Gasteiger partial charge in [-0.2, -0.15) is 5.10 Å². The molecule has 2 aromatic heterocycles.